The van der Waals surface area contributed by atoms with E-state index in [9.17, 15) is 0 Å². The van der Waals surface area contributed by atoms with Gasteiger partial charge in [-0.15, -0.1) is 0 Å². The van der Waals surface area contributed by atoms with Crippen LogP contribution in [-0.2, 0) is 0 Å². The van der Waals surface area contributed by atoms with Gasteiger partial charge in [0.25, 0.3) is 0 Å². The molecule has 0 aliphatic carbocycles. The van der Waals surface area contributed by atoms with Crippen LogP contribution in [0.5, 0.6) is 0 Å². The van der Waals surface area contributed by atoms with Crippen LogP contribution in [0.3, 0.4) is 0 Å². The second-order valence-corrected chi connectivity index (χ2v) is 13.2. The number of fused-ring (bicyclic) bond motifs is 7. The summed E-state index contributed by atoms with van der Waals surface area (Å²) in [4.78, 5) is 2.65. The van der Waals surface area contributed by atoms with E-state index in [-0.39, 0.29) is 0 Å². The SMILES string of the molecule is c1ccc(-n2c3ccc(-c4ccccc4-c4ccc5c6c(cccc46)-c4ccccc4S5)cc3c3ccc4ccccc4c32)cc1. The highest BCUT2D eigenvalue weighted by atomic mass is 32.2. The topological polar surface area (TPSA) is 4.93 Å². The zero-order chi connectivity index (χ0) is 30.2. The first kappa shape index (κ1) is 25.7. The van der Waals surface area contributed by atoms with Crippen LogP contribution in [0.2, 0.25) is 0 Å². The van der Waals surface area contributed by atoms with E-state index in [1.54, 1.807) is 0 Å². The molecule has 0 fully saturated rings. The quantitative estimate of drug-likeness (QED) is 0.195. The van der Waals surface area contributed by atoms with E-state index in [1.165, 1.54) is 92.2 Å². The van der Waals surface area contributed by atoms with Crippen LogP contribution < -0.4 is 0 Å². The van der Waals surface area contributed by atoms with Crippen LogP contribution in [0, 0.1) is 0 Å². The van der Waals surface area contributed by atoms with E-state index in [0.29, 0.717) is 0 Å². The molecule has 0 bridgehead atoms. The Bertz CT molecular complexity index is 2660. The van der Waals surface area contributed by atoms with E-state index in [0.717, 1.165) is 0 Å². The molecule has 0 unspecified atom stereocenters. The molecular weight excluding hydrogens is 575 g/mol. The van der Waals surface area contributed by atoms with Gasteiger partial charge in [0.1, 0.15) is 0 Å². The van der Waals surface area contributed by atoms with Crippen molar-refractivity contribution in [2.24, 2.45) is 0 Å². The summed E-state index contributed by atoms with van der Waals surface area (Å²) in [6.07, 6.45) is 0. The second-order valence-electron chi connectivity index (χ2n) is 12.1. The molecule has 1 nitrogen and oxygen atoms in total. The van der Waals surface area contributed by atoms with Gasteiger partial charge < -0.3 is 4.57 Å². The fourth-order valence-corrected chi connectivity index (χ4v) is 8.71. The summed E-state index contributed by atoms with van der Waals surface area (Å²) in [5, 5.41) is 7.72. The molecule has 9 aromatic rings. The molecule has 0 amide bonds. The molecule has 10 rings (SSSR count). The number of nitrogens with zero attached hydrogens (tertiary/aromatic N) is 1. The third kappa shape index (κ3) is 3.71. The summed E-state index contributed by atoms with van der Waals surface area (Å²) < 4.78 is 2.43. The van der Waals surface area contributed by atoms with Crippen molar-refractivity contribution in [3.8, 4) is 39.1 Å². The lowest BCUT2D eigenvalue weighted by atomic mass is 9.88. The van der Waals surface area contributed by atoms with Crippen LogP contribution in [0.25, 0.3) is 82.4 Å². The summed E-state index contributed by atoms with van der Waals surface area (Å²) in [6.45, 7) is 0. The van der Waals surface area contributed by atoms with Gasteiger partial charge in [0, 0.05) is 37.0 Å². The minimum atomic E-state index is 1.18. The normalized spacial score (nSPS) is 12.3. The molecule has 1 aliphatic heterocycles. The van der Waals surface area contributed by atoms with Crippen molar-refractivity contribution in [1.82, 2.24) is 4.57 Å². The van der Waals surface area contributed by atoms with Crippen LogP contribution in [0.15, 0.2) is 174 Å². The van der Waals surface area contributed by atoms with Gasteiger partial charge in [-0.25, -0.2) is 0 Å². The average molecular weight is 602 g/mol. The molecular formula is C44H27NS. The van der Waals surface area contributed by atoms with Crippen LogP contribution in [0.1, 0.15) is 0 Å². The van der Waals surface area contributed by atoms with Gasteiger partial charge in [0.15, 0.2) is 0 Å². The number of aromatic nitrogens is 1. The van der Waals surface area contributed by atoms with Gasteiger partial charge in [0.2, 0.25) is 0 Å². The highest BCUT2D eigenvalue weighted by molar-refractivity contribution is 7.99. The van der Waals surface area contributed by atoms with E-state index in [4.69, 9.17) is 0 Å². The predicted octanol–water partition coefficient (Wildman–Crippen LogP) is 12.6. The van der Waals surface area contributed by atoms with Crippen molar-refractivity contribution in [1.29, 1.82) is 0 Å². The summed E-state index contributed by atoms with van der Waals surface area (Å²) in [5.41, 5.74) is 11.3. The van der Waals surface area contributed by atoms with Gasteiger partial charge in [-0.05, 0) is 80.6 Å². The van der Waals surface area contributed by atoms with E-state index >= 15 is 0 Å². The lowest BCUT2D eigenvalue weighted by molar-refractivity contribution is 1.19. The maximum Gasteiger partial charge on any atom is 0.0619 e. The lowest BCUT2D eigenvalue weighted by Crippen LogP contribution is -1.95. The molecule has 0 atom stereocenters. The summed E-state index contributed by atoms with van der Waals surface area (Å²) in [7, 11) is 0. The molecule has 0 N–H and O–H groups in total. The van der Waals surface area contributed by atoms with Crippen molar-refractivity contribution in [2.45, 2.75) is 9.79 Å². The third-order valence-electron chi connectivity index (χ3n) is 9.59. The summed E-state index contributed by atoms with van der Waals surface area (Å²) in [5.74, 6) is 0. The summed E-state index contributed by atoms with van der Waals surface area (Å²) >= 11 is 1.88. The van der Waals surface area contributed by atoms with Crippen molar-refractivity contribution in [3.05, 3.63) is 164 Å². The largest absolute Gasteiger partial charge is 0.309 e. The van der Waals surface area contributed by atoms with Crippen molar-refractivity contribution in [2.75, 3.05) is 0 Å². The molecule has 0 radical (unpaired) electrons. The van der Waals surface area contributed by atoms with E-state index in [1.807, 2.05) is 11.8 Å². The smallest absolute Gasteiger partial charge is 0.0619 e. The van der Waals surface area contributed by atoms with Gasteiger partial charge in [-0.3, -0.25) is 0 Å². The van der Waals surface area contributed by atoms with E-state index < -0.39 is 0 Å². The number of benzene rings is 8. The Labute approximate surface area is 271 Å². The number of hydrogen-bond acceptors (Lipinski definition) is 1. The number of hydrogen-bond donors (Lipinski definition) is 0. The van der Waals surface area contributed by atoms with Gasteiger partial charge in [0.05, 0.1) is 11.0 Å². The zero-order valence-electron chi connectivity index (χ0n) is 24.9. The Morgan fingerprint density at radius 2 is 1.13 bits per heavy atom. The first-order chi connectivity index (χ1) is 22.8. The highest BCUT2D eigenvalue weighted by Crippen LogP contribution is 2.50. The first-order valence-corrected chi connectivity index (χ1v) is 16.6. The number of rotatable bonds is 3. The average Bonchev–Trinajstić information content (AvgIpc) is 3.46. The molecule has 2 heterocycles. The zero-order valence-corrected chi connectivity index (χ0v) is 25.8. The Kier molecular flexibility index (Phi) is 5.58. The molecule has 0 spiro atoms. The number of para-hydroxylation sites is 1. The monoisotopic (exact) mass is 601 g/mol. The van der Waals surface area contributed by atoms with Gasteiger partial charge in [-0.1, -0.05) is 139 Å². The fourth-order valence-electron chi connectivity index (χ4n) is 7.58. The molecule has 214 valence electrons. The molecule has 46 heavy (non-hydrogen) atoms. The Morgan fingerprint density at radius 1 is 0.391 bits per heavy atom. The maximum atomic E-state index is 2.43. The van der Waals surface area contributed by atoms with Crippen molar-refractivity contribution < 1.29 is 0 Å². The Balaban J connectivity index is 1.22. The third-order valence-corrected chi connectivity index (χ3v) is 10.7. The summed E-state index contributed by atoms with van der Waals surface area (Å²) in [6, 6.07) is 60.2. The van der Waals surface area contributed by atoms with Crippen molar-refractivity contribution in [3.63, 3.8) is 0 Å². The second kappa shape index (κ2) is 9.97. The molecule has 1 aromatic heterocycles. The van der Waals surface area contributed by atoms with Crippen LogP contribution in [-0.4, -0.2) is 4.57 Å². The van der Waals surface area contributed by atoms with Crippen LogP contribution >= 0.6 is 11.8 Å². The highest BCUT2D eigenvalue weighted by Gasteiger charge is 2.22. The minimum absolute atomic E-state index is 1.18. The Hall–Kier alpha value is -5.57. The van der Waals surface area contributed by atoms with Gasteiger partial charge in [-0.2, -0.15) is 0 Å². The van der Waals surface area contributed by atoms with E-state index in [2.05, 4.69) is 168 Å². The maximum absolute atomic E-state index is 2.43. The van der Waals surface area contributed by atoms with Crippen LogP contribution in [0.4, 0.5) is 0 Å². The fraction of sp³-hybridized carbons (Fsp3) is 0. The molecule has 2 heteroatoms. The molecule has 0 saturated heterocycles. The molecule has 1 aliphatic rings. The lowest BCUT2D eigenvalue weighted by Gasteiger charge is -2.22. The molecule has 0 saturated carbocycles. The van der Waals surface area contributed by atoms with Gasteiger partial charge >= 0.3 is 0 Å². The first-order valence-electron chi connectivity index (χ1n) is 15.8. The molecule has 8 aromatic carbocycles. The Morgan fingerprint density at radius 3 is 2.04 bits per heavy atom. The van der Waals surface area contributed by atoms with Crippen molar-refractivity contribution >= 4 is 55.1 Å². The standard InChI is InChI=1S/C44H27NS/c1-2-12-30(13-3-1)45-40-25-22-29(27-39(40)38-23-21-28-11-4-5-15-32(28)44(38)45)31-14-6-7-16-33(31)34-24-26-42-43-36(34)18-10-19-37(43)35-17-8-9-20-41(35)46-42/h1-27H. The minimum Gasteiger partial charge on any atom is -0.309 e. The predicted molar refractivity (Wildman–Crippen MR) is 196 cm³/mol.